The van der Waals surface area contributed by atoms with Crippen LogP contribution in [0.15, 0.2) is 42.5 Å². The van der Waals surface area contributed by atoms with Crippen LogP contribution in [0.25, 0.3) is 10.9 Å². The molecular weight excluding hydrogens is 266 g/mol. The molecule has 1 aromatic heterocycles. The third-order valence-corrected chi connectivity index (χ3v) is 3.47. The van der Waals surface area contributed by atoms with Gasteiger partial charge in [-0.05, 0) is 49.8 Å². The number of hydrogen-bond donors (Lipinski definition) is 2. The van der Waals surface area contributed by atoms with Crippen molar-refractivity contribution in [2.24, 2.45) is 0 Å². The number of hydrogen-bond acceptors (Lipinski definition) is 3. The van der Waals surface area contributed by atoms with Crippen LogP contribution in [0.5, 0.6) is 0 Å². The summed E-state index contributed by atoms with van der Waals surface area (Å²) in [6.07, 6.45) is 0. The van der Waals surface area contributed by atoms with E-state index in [4.69, 9.17) is 12.2 Å². The number of benzene rings is 2. The number of anilines is 2. The molecule has 0 bridgehead atoms. The summed E-state index contributed by atoms with van der Waals surface area (Å²) in [4.78, 5) is 7.51. The van der Waals surface area contributed by atoms with E-state index in [1.54, 1.807) is 0 Å². The van der Waals surface area contributed by atoms with Gasteiger partial charge in [-0.3, -0.25) is 0 Å². The lowest BCUT2D eigenvalue weighted by Crippen LogP contribution is -1.98. The summed E-state index contributed by atoms with van der Waals surface area (Å²) in [5.74, 6) is 0.788. The highest BCUT2D eigenvalue weighted by atomic mass is 32.1. The molecule has 3 aromatic rings. The van der Waals surface area contributed by atoms with E-state index in [-0.39, 0.29) is 0 Å². The Bertz CT molecular complexity index is 836. The van der Waals surface area contributed by atoms with Crippen LogP contribution in [-0.2, 0) is 0 Å². The highest BCUT2D eigenvalue weighted by Gasteiger charge is 2.05. The number of para-hydroxylation sites is 1. The van der Waals surface area contributed by atoms with E-state index >= 15 is 0 Å². The van der Waals surface area contributed by atoms with Gasteiger partial charge in [0.2, 0.25) is 0 Å². The SMILES string of the molecule is Cc1ccc(Nc2nc(=S)[nH]c3ccccc23)c(C)c1. The van der Waals surface area contributed by atoms with Crippen LogP contribution in [0.3, 0.4) is 0 Å². The van der Waals surface area contributed by atoms with Gasteiger partial charge in [-0.15, -0.1) is 0 Å². The zero-order chi connectivity index (χ0) is 14.1. The maximum absolute atomic E-state index is 5.19. The van der Waals surface area contributed by atoms with Crippen molar-refractivity contribution in [1.29, 1.82) is 0 Å². The molecule has 2 aromatic carbocycles. The van der Waals surface area contributed by atoms with Gasteiger partial charge in [-0.2, -0.15) is 0 Å². The van der Waals surface area contributed by atoms with Crippen molar-refractivity contribution in [3.8, 4) is 0 Å². The van der Waals surface area contributed by atoms with E-state index in [9.17, 15) is 0 Å². The number of rotatable bonds is 2. The fourth-order valence-corrected chi connectivity index (χ4v) is 2.48. The molecular formula is C16H15N3S. The van der Waals surface area contributed by atoms with Crippen molar-refractivity contribution in [2.45, 2.75) is 13.8 Å². The molecule has 0 saturated heterocycles. The Morgan fingerprint density at radius 1 is 1.10 bits per heavy atom. The maximum Gasteiger partial charge on any atom is 0.199 e. The monoisotopic (exact) mass is 281 g/mol. The van der Waals surface area contributed by atoms with Gasteiger partial charge < -0.3 is 10.3 Å². The van der Waals surface area contributed by atoms with Gasteiger partial charge in [0.15, 0.2) is 4.77 Å². The van der Waals surface area contributed by atoms with Gasteiger partial charge in [-0.25, -0.2) is 4.98 Å². The van der Waals surface area contributed by atoms with Crippen LogP contribution in [0.2, 0.25) is 0 Å². The minimum atomic E-state index is 0.482. The predicted molar refractivity (Wildman–Crippen MR) is 86.1 cm³/mol. The number of aromatic amines is 1. The van der Waals surface area contributed by atoms with Crippen LogP contribution < -0.4 is 5.32 Å². The van der Waals surface area contributed by atoms with Gasteiger partial charge in [0, 0.05) is 11.1 Å². The summed E-state index contributed by atoms with van der Waals surface area (Å²) in [6, 6.07) is 14.3. The Kier molecular flexibility index (Phi) is 3.24. The summed E-state index contributed by atoms with van der Waals surface area (Å²) < 4.78 is 0.482. The third-order valence-electron chi connectivity index (χ3n) is 3.27. The van der Waals surface area contributed by atoms with Crippen LogP contribution >= 0.6 is 12.2 Å². The molecule has 20 heavy (non-hydrogen) atoms. The summed E-state index contributed by atoms with van der Waals surface area (Å²) in [5, 5.41) is 4.41. The molecule has 3 nitrogen and oxygen atoms in total. The number of nitrogens with zero attached hydrogens (tertiary/aromatic N) is 1. The smallest absolute Gasteiger partial charge is 0.199 e. The molecule has 4 heteroatoms. The van der Waals surface area contributed by atoms with Crippen molar-refractivity contribution in [3.63, 3.8) is 0 Å². The zero-order valence-corrected chi connectivity index (χ0v) is 12.2. The highest BCUT2D eigenvalue weighted by molar-refractivity contribution is 7.71. The number of H-pyrrole nitrogens is 1. The molecule has 1 heterocycles. The number of nitrogens with one attached hydrogen (secondary N) is 2. The Hall–Kier alpha value is -2.20. The second-order valence-electron chi connectivity index (χ2n) is 4.88. The maximum atomic E-state index is 5.19. The molecule has 0 fully saturated rings. The lowest BCUT2D eigenvalue weighted by Gasteiger charge is -2.11. The fourth-order valence-electron chi connectivity index (χ4n) is 2.28. The zero-order valence-electron chi connectivity index (χ0n) is 11.4. The molecule has 0 spiro atoms. The Morgan fingerprint density at radius 3 is 2.70 bits per heavy atom. The Balaban J connectivity index is 2.13. The number of aromatic nitrogens is 2. The first-order chi connectivity index (χ1) is 9.63. The van der Waals surface area contributed by atoms with E-state index in [1.165, 1.54) is 11.1 Å². The van der Waals surface area contributed by atoms with Crippen molar-refractivity contribution in [2.75, 3.05) is 5.32 Å². The summed E-state index contributed by atoms with van der Waals surface area (Å²) >= 11 is 5.19. The lowest BCUT2D eigenvalue weighted by atomic mass is 10.1. The predicted octanol–water partition coefficient (Wildman–Crippen LogP) is 4.65. The molecule has 0 aliphatic carbocycles. The van der Waals surface area contributed by atoms with Crippen LogP contribution in [-0.4, -0.2) is 9.97 Å². The molecule has 0 aliphatic heterocycles. The van der Waals surface area contributed by atoms with Gasteiger partial charge in [0.1, 0.15) is 5.82 Å². The molecule has 3 rings (SSSR count). The van der Waals surface area contributed by atoms with Gasteiger partial charge in [0.05, 0.1) is 5.52 Å². The molecule has 0 amide bonds. The van der Waals surface area contributed by atoms with E-state index in [0.29, 0.717) is 4.77 Å². The lowest BCUT2D eigenvalue weighted by molar-refractivity contribution is 1.18. The average molecular weight is 281 g/mol. The minimum absolute atomic E-state index is 0.482. The fraction of sp³-hybridized carbons (Fsp3) is 0.125. The first-order valence-electron chi connectivity index (χ1n) is 6.47. The quantitative estimate of drug-likeness (QED) is 0.672. The minimum Gasteiger partial charge on any atom is -0.339 e. The van der Waals surface area contributed by atoms with Crippen LogP contribution in [0.1, 0.15) is 11.1 Å². The molecule has 0 aliphatic rings. The highest BCUT2D eigenvalue weighted by Crippen LogP contribution is 2.25. The summed E-state index contributed by atoms with van der Waals surface area (Å²) in [7, 11) is 0. The number of fused-ring (bicyclic) bond motifs is 1. The van der Waals surface area contributed by atoms with Crippen LogP contribution in [0, 0.1) is 18.6 Å². The molecule has 2 N–H and O–H groups in total. The second kappa shape index (κ2) is 5.06. The molecule has 100 valence electrons. The number of aryl methyl sites for hydroxylation is 2. The molecule has 0 atom stereocenters. The topological polar surface area (TPSA) is 40.7 Å². The standard InChI is InChI=1S/C16H15N3S/c1-10-7-8-13(11(2)9-10)17-15-12-5-3-4-6-14(12)18-16(20)19-15/h3-9H,1-2H3,(H2,17,18,19,20). The average Bonchev–Trinajstić information content (AvgIpc) is 2.41. The van der Waals surface area contributed by atoms with E-state index in [0.717, 1.165) is 22.4 Å². The third kappa shape index (κ3) is 2.42. The Labute approximate surface area is 122 Å². The van der Waals surface area contributed by atoms with Gasteiger partial charge in [-0.1, -0.05) is 29.8 Å². The first kappa shape index (κ1) is 12.8. The Morgan fingerprint density at radius 2 is 1.90 bits per heavy atom. The van der Waals surface area contributed by atoms with Crippen molar-refractivity contribution in [1.82, 2.24) is 9.97 Å². The second-order valence-corrected chi connectivity index (χ2v) is 5.27. The molecule has 0 radical (unpaired) electrons. The molecule has 0 unspecified atom stereocenters. The van der Waals surface area contributed by atoms with Crippen LogP contribution in [0.4, 0.5) is 11.5 Å². The summed E-state index contributed by atoms with van der Waals surface area (Å²) in [5.41, 5.74) is 4.47. The van der Waals surface area contributed by atoms with Crippen molar-refractivity contribution in [3.05, 3.63) is 58.4 Å². The van der Waals surface area contributed by atoms with E-state index < -0.39 is 0 Å². The van der Waals surface area contributed by atoms with Crippen molar-refractivity contribution >= 4 is 34.6 Å². The normalized spacial score (nSPS) is 10.7. The first-order valence-corrected chi connectivity index (χ1v) is 6.87. The van der Waals surface area contributed by atoms with Gasteiger partial charge >= 0.3 is 0 Å². The van der Waals surface area contributed by atoms with E-state index in [1.807, 2.05) is 24.3 Å². The van der Waals surface area contributed by atoms with E-state index in [2.05, 4.69) is 47.3 Å². The largest absolute Gasteiger partial charge is 0.339 e. The summed E-state index contributed by atoms with van der Waals surface area (Å²) in [6.45, 7) is 4.17. The van der Waals surface area contributed by atoms with Crippen molar-refractivity contribution < 1.29 is 0 Å². The molecule has 0 saturated carbocycles. The van der Waals surface area contributed by atoms with Gasteiger partial charge in [0.25, 0.3) is 0 Å².